The van der Waals surface area contributed by atoms with Crippen LogP contribution in [0.1, 0.15) is 43.2 Å². The predicted molar refractivity (Wildman–Crippen MR) is 81.8 cm³/mol. The van der Waals surface area contributed by atoms with Crippen LogP contribution in [-0.4, -0.2) is 46.5 Å². The molecule has 21 heavy (non-hydrogen) atoms. The normalized spacial score (nSPS) is 17.1. The lowest BCUT2D eigenvalue weighted by Gasteiger charge is -2.18. The minimum absolute atomic E-state index is 0.0305. The Morgan fingerprint density at radius 1 is 1.43 bits per heavy atom. The van der Waals surface area contributed by atoms with Gasteiger partial charge in [-0.25, -0.2) is 4.98 Å². The predicted octanol–water partition coefficient (Wildman–Crippen LogP) is 1.93. The van der Waals surface area contributed by atoms with E-state index in [4.69, 9.17) is 0 Å². The summed E-state index contributed by atoms with van der Waals surface area (Å²) in [5.74, 6) is -1.28. The fourth-order valence-corrected chi connectivity index (χ4v) is 3.63. The van der Waals surface area contributed by atoms with Crippen molar-refractivity contribution in [3.8, 4) is 0 Å². The van der Waals surface area contributed by atoms with Crippen molar-refractivity contribution in [2.75, 3.05) is 25.0 Å². The minimum Gasteiger partial charge on any atom is -0.481 e. The van der Waals surface area contributed by atoms with E-state index in [0.717, 1.165) is 17.7 Å². The first-order valence-electron chi connectivity index (χ1n) is 7.30. The topological polar surface area (TPSA) is 82.5 Å². The van der Waals surface area contributed by atoms with Crippen molar-refractivity contribution in [2.24, 2.45) is 0 Å². The van der Waals surface area contributed by atoms with E-state index in [2.05, 4.69) is 10.3 Å². The number of nitrogens with zero attached hydrogens (tertiary/aromatic N) is 2. The molecule has 1 unspecified atom stereocenters. The van der Waals surface area contributed by atoms with Crippen molar-refractivity contribution in [3.05, 3.63) is 10.6 Å². The van der Waals surface area contributed by atoms with Crippen molar-refractivity contribution in [1.82, 2.24) is 9.88 Å². The molecule has 6 nitrogen and oxygen atoms in total. The van der Waals surface area contributed by atoms with E-state index < -0.39 is 11.9 Å². The fourth-order valence-electron chi connectivity index (χ4n) is 2.57. The fraction of sp³-hybridized carbons (Fsp3) is 0.643. The number of hydrogen-bond acceptors (Lipinski definition) is 5. The van der Waals surface area contributed by atoms with Crippen LogP contribution in [-0.2, 0) is 16.0 Å². The highest BCUT2D eigenvalue weighted by Gasteiger charge is 2.30. The number of carboxylic acids is 1. The highest BCUT2D eigenvalue weighted by Crippen LogP contribution is 2.36. The molecule has 0 bridgehead atoms. The molecule has 1 heterocycles. The van der Waals surface area contributed by atoms with Crippen LogP contribution in [0.4, 0.5) is 5.13 Å². The standard InChI is InChI=1S/C14H21N3O3S/c1-3-17(4-2)11(18)8-15-14-16-12-9(13(19)20)6-5-7-10(12)21-14/h9H,3-8H2,1-2H3,(H,15,16)(H,19,20). The van der Waals surface area contributed by atoms with Gasteiger partial charge < -0.3 is 15.3 Å². The second kappa shape index (κ2) is 6.89. The third-order valence-corrected chi connectivity index (χ3v) is 4.85. The van der Waals surface area contributed by atoms with Crippen molar-refractivity contribution in [1.29, 1.82) is 0 Å². The molecule has 1 amide bonds. The number of carbonyl (C=O) groups excluding carboxylic acids is 1. The third-order valence-electron chi connectivity index (χ3n) is 3.76. The van der Waals surface area contributed by atoms with Crippen molar-refractivity contribution in [2.45, 2.75) is 39.0 Å². The number of aryl methyl sites for hydroxylation is 1. The van der Waals surface area contributed by atoms with Crippen LogP contribution < -0.4 is 5.32 Å². The summed E-state index contributed by atoms with van der Waals surface area (Å²) in [6.07, 6.45) is 2.40. The van der Waals surface area contributed by atoms with Gasteiger partial charge in [0.2, 0.25) is 5.91 Å². The van der Waals surface area contributed by atoms with Gasteiger partial charge in [-0.2, -0.15) is 0 Å². The maximum atomic E-state index is 11.9. The maximum absolute atomic E-state index is 11.9. The van der Waals surface area contributed by atoms with Gasteiger partial charge in [0.1, 0.15) is 5.92 Å². The maximum Gasteiger partial charge on any atom is 0.312 e. The van der Waals surface area contributed by atoms with Crippen LogP contribution in [0.15, 0.2) is 0 Å². The Labute approximate surface area is 128 Å². The number of rotatable bonds is 6. The minimum atomic E-state index is -0.813. The lowest BCUT2D eigenvalue weighted by atomic mass is 9.91. The molecule has 116 valence electrons. The molecule has 0 aliphatic heterocycles. The Kier molecular flexibility index (Phi) is 5.17. The second-order valence-corrected chi connectivity index (χ2v) is 6.11. The van der Waals surface area contributed by atoms with Crippen LogP contribution >= 0.6 is 11.3 Å². The van der Waals surface area contributed by atoms with E-state index in [-0.39, 0.29) is 12.5 Å². The van der Waals surface area contributed by atoms with Gasteiger partial charge in [0, 0.05) is 18.0 Å². The number of carbonyl (C=O) groups is 2. The Balaban J connectivity index is 2.03. The molecule has 1 aliphatic carbocycles. The average molecular weight is 311 g/mol. The first-order valence-corrected chi connectivity index (χ1v) is 8.12. The van der Waals surface area contributed by atoms with Gasteiger partial charge in [-0.15, -0.1) is 11.3 Å². The number of thiazole rings is 1. The summed E-state index contributed by atoms with van der Waals surface area (Å²) in [6, 6.07) is 0. The van der Waals surface area contributed by atoms with E-state index in [1.54, 1.807) is 4.90 Å². The number of amides is 1. The summed E-state index contributed by atoms with van der Waals surface area (Å²) in [7, 11) is 0. The molecule has 1 atom stereocenters. The molecular weight excluding hydrogens is 290 g/mol. The summed E-state index contributed by atoms with van der Waals surface area (Å²) in [4.78, 5) is 30.4. The first kappa shape index (κ1) is 15.8. The van der Waals surface area contributed by atoms with Crippen molar-refractivity contribution in [3.63, 3.8) is 0 Å². The Morgan fingerprint density at radius 2 is 2.14 bits per heavy atom. The second-order valence-electron chi connectivity index (χ2n) is 5.03. The Hall–Kier alpha value is -1.63. The van der Waals surface area contributed by atoms with Crippen molar-refractivity contribution >= 4 is 28.3 Å². The van der Waals surface area contributed by atoms with Crippen LogP contribution in [0.5, 0.6) is 0 Å². The van der Waals surface area contributed by atoms with E-state index in [1.807, 2.05) is 13.8 Å². The van der Waals surface area contributed by atoms with Gasteiger partial charge in [-0.05, 0) is 33.1 Å². The lowest BCUT2D eigenvalue weighted by Crippen LogP contribution is -2.35. The number of fused-ring (bicyclic) bond motifs is 1. The zero-order valence-corrected chi connectivity index (χ0v) is 13.2. The number of aromatic nitrogens is 1. The summed E-state index contributed by atoms with van der Waals surface area (Å²) in [5.41, 5.74) is 0.677. The molecule has 0 spiro atoms. The summed E-state index contributed by atoms with van der Waals surface area (Å²) >= 11 is 1.47. The highest BCUT2D eigenvalue weighted by atomic mass is 32.1. The van der Waals surface area contributed by atoms with Gasteiger partial charge in [0.15, 0.2) is 5.13 Å². The monoisotopic (exact) mass is 311 g/mol. The molecule has 1 aromatic rings. The zero-order valence-electron chi connectivity index (χ0n) is 12.4. The average Bonchev–Trinajstić information content (AvgIpc) is 2.88. The molecule has 1 aliphatic rings. The van der Waals surface area contributed by atoms with Gasteiger partial charge in [-0.1, -0.05) is 0 Å². The molecule has 0 radical (unpaired) electrons. The number of hydrogen-bond donors (Lipinski definition) is 2. The van der Waals surface area contributed by atoms with Crippen LogP contribution in [0.25, 0.3) is 0 Å². The molecule has 2 N–H and O–H groups in total. The van der Waals surface area contributed by atoms with E-state index in [0.29, 0.717) is 30.3 Å². The van der Waals surface area contributed by atoms with E-state index in [1.165, 1.54) is 11.3 Å². The van der Waals surface area contributed by atoms with Crippen LogP contribution in [0.2, 0.25) is 0 Å². The highest BCUT2D eigenvalue weighted by molar-refractivity contribution is 7.15. The van der Waals surface area contributed by atoms with Gasteiger partial charge in [-0.3, -0.25) is 9.59 Å². The van der Waals surface area contributed by atoms with Crippen molar-refractivity contribution < 1.29 is 14.7 Å². The van der Waals surface area contributed by atoms with Crippen LogP contribution in [0, 0.1) is 0 Å². The van der Waals surface area contributed by atoms with Gasteiger partial charge >= 0.3 is 5.97 Å². The summed E-state index contributed by atoms with van der Waals surface area (Å²) in [6.45, 7) is 5.46. The molecule has 0 fully saturated rings. The zero-order chi connectivity index (χ0) is 15.4. The molecular formula is C14H21N3O3S. The van der Waals surface area contributed by atoms with E-state index >= 15 is 0 Å². The summed E-state index contributed by atoms with van der Waals surface area (Å²) < 4.78 is 0. The SMILES string of the molecule is CCN(CC)C(=O)CNc1nc2c(s1)CCCC2C(=O)O. The number of nitrogens with one attached hydrogen (secondary N) is 1. The number of likely N-dealkylation sites (N-methyl/N-ethyl adjacent to an activating group) is 1. The molecule has 0 aromatic carbocycles. The smallest absolute Gasteiger partial charge is 0.312 e. The Bertz CT molecular complexity index is 526. The molecule has 0 saturated heterocycles. The molecule has 1 aromatic heterocycles. The van der Waals surface area contributed by atoms with Gasteiger partial charge in [0.05, 0.1) is 12.2 Å². The molecule has 7 heteroatoms. The Morgan fingerprint density at radius 3 is 2.76 bits per heavy atom. The van der Waals surface area contributed by atoms with Gasteiger partial charge in [0.25, 0.3) is 0 Å². The van der Waals surface area contributed by atoms with Crippen LogP contribution in [0.3, 0.4) is 0 Å². The largest absolute Gasteiger partial charge is 0.481 e. The third kappa shape index (κ3) is 3.53. The first-order chi connectivity index (χ1) is 10.1. The van der Waals surface area contributed by atoms with E-state index in [9.17, 15) is 14.7 Å². The number of anilines is 1. The number of carboxylic acid groups (broad SMARTS) is 1. The lowest BCUT2D eigenvalue weighted by molar-refractivity contribution is -0.139. The number of aliphatic carboxylic acids is 1. The quantitative estimate of drug-likeness (QED) is 0.839. The molecule has 2 rings (SSSR count). The summed E-state index contributed by atoms with van der Waals surface area (Å²) in [5, 5.41) is 12.9. The molecule has 0 saturated carbocycles.